The van der Waals surface area contributed by atoms with Gasteiger partial charge in [0.05, 0.1) is 28.1 Å². The van der Waals surface area contributed by atoms with Gasteiger partial charge in [-0.3, -0.25) is 9.97 Å². The summed E-state index contributed by atoms with van der Waals surface area (Å²) < 4.78 is 2.44. The molecular weight excluding hydrogens is 747 g/mol. The summed E-state index contributed by atoms with van der Waals surface area (Å²) in [5, 5.41) is 5.33. The quantitative estimate of drug-likeness (QED) is 0.151. The molecule has 10 aromatic rings. The molecule has 4 heterocycles. The third kappa shape index (κ3) is 5.91. The minimum absolute atomic E-state index is 1.05. The van der Waals surface area contributed by atoms with E-state index in [1.54, 1.807) is 0 Å². The van der Waals surface area contributed by atoms with E-state index < -0.39 is 8.07 Å². The Morgan fingerprint density at radius 3 is 1.32 bits per heavy atom. The molecule has 0 spiro atoms. The predicted octanol–water partition coefficient (Wildman–Crippen LogP) is 13.0. The van der Waals surface area contributed by atoms with E-state index in [1.165, 1.54) is 43.6 Å². The molecule has 60 heavy (non-hydrogen) atoms. The number of fused-ring (bicyclic) bond motifs is 5. The Labute approximate surface area is 351 Å². The number of anilines is 6. The largest absolute Gasteiger partial charge is 0.311 e. The molecule has 0 unspecified atom stereocenters. The fourth-order valence-corrected chi connectivity index (χ4v) is 12.2. The van der Waals surface area contributed by atoms with Crippen LogP contribution in [-0.2, 0) is 0 Å². The lowest BCUT2D eigenvalue weighted by atomic mass is 10.0. The summed E-state index contributed by atoms with van der Waals surface area (Å²) >= 11 is 0. The van der Waals surface area contributed by atoms with E-state index in [0.717, 1.165) is 50.7 Å². The van der Waals surface area contributed by atoms with Crippen LogP contribution in [0.3, 0.4) is 0 Å². The smallest absolute Gasteiger partial charge is 0.117 e. The third-order valence-corrected chi connectivity index (χ3v) is 15.7. The van der Waals surface area contributed by atoms with Crippen molar-refractivity contribution in [2.75, 3.05) is 9.80 Å². The highest BCUT2D eigenvalue weighted by molar-refractivity contribution is 7.02. The molecule has 0 aliphatic carbocycles. The Morgan fingerprint density at radius 2 is 0.817 bits per heavy atom. The first-order chi connectivity index (χ1) is 29.5. The summed E-state index contributed by atoms with van der Waals surface area (Å²) in [6.07, 6.45) is 7.40. The Bertz CT molecular complexity index is 2990. The maximum atomic E-state index is 4.26. The van der Waals surface area contributed by atoms with E-state index in [9.17, 15) is 0 Å². The van der Waals surface area contributed by atoms with Gasteiger partial charge in [0.15, 0.2) is 0 Å². The van der Waals surface area contributed by atoms with Crippen LogP contribution >= 0.6 is 0 Å². The lowest BCUT2D eigenvalue weighted by Crippen LogP contribution is -2.58. The van der Waals surface area contributed by atoms with Gasteiger partial charge in [-0.2, -0.15) is 0 Å². The molecule has 0 saturated carbocycles. The number of pyridine rings is 2. The molecule has 0 radical (unpaired) electrons. The summed E-state index contributed by atoms with van der Waals surface area (Å²) in [7, 11) is -2.02. The number of hydrogen-bond donors (Lipinski definition) is 0. The van der Waals surface area contributed by atoms with Crippen LogP contribution in [0, 0.1) is 0 Å². The molecule has 1 aliphatic rings. The van der Waals surface area contributed by atoms with Crippen molar-refractivity contribution in [2.45, 2.75) is 13.1 Å². The second kappa shape index (κ2) is 14.4. The van der Waals surface area contributed by atoms with Crippen molar-refractivity contribution >= 4 is 74.4 Å². The molecule has 0 fully saturated rings. The monoisotopic (exact) mass is 787 g/mol. The van der Waals surface area contributed by atoms with Crippen LogP contribution in [0.4, 0.5) is 34.1 Å². The molecular formula is C54H41N5Si. The van der Waals surface area contributed by atoms with E-state index in [4.69, 9.17) is 0 Å². The van der Waals surface area contributed by atoms with Gasteiger partial charge < -0.3 is 14.4 Å². The van der Waals surface area contributed by atoms with Crippen molar-refractivity contribution in [1.29, 1.82) is 0 Å². The molecule has 0 bridgehead atoms. The SMILES string of the molecule is C[Si]1(C)c2ccccc2N(c2cc(N(c3ccc(-c4ccncc4)cc3)c3ccc(-c4ccncc4)cc3)cc(-n3c4ccccc4c4ccccc43)c2)c2ccccc21. The molecule has 0 saturated heterocycles. The molecule has 6 heteroatoms. The zero-order valence-corrected chi connectivity index (χ0v) is 34.4. The molecule has 0 atom stereocenters. The molecule has 5 nitrogen and oxygen atoms in total. The zero-order chi connectivity index (χ0) is 40.2. The summed E-state index contributed by atoms with van der Waals surface area (Å²) in [5.74, 6) is 0. The van der Waals surface area contributed by atoms with Crippen LogP contribution in [0.1, 0.15) is 0 Å². The molecule has 1 aliphatic heterocycles. The Balaban J connectivity index is 1.19. The van der Waals surface area contributed by atoms with Gasteiger partial charge in [-0.05, 0) is 124 Å². The van der Waals surface area contributed by atoms with Gasteiger partial charge in [0.1, 0.15) is 8.07 Å². The minimum atomic E-state index is -2.02. The van der Waals surface area contributed by atoms with E-state index >= 15 is 0 Å². The Hall–Kier alpha value is -7.54. The number of rotatable bonds is 7. The number of nitrogens with zero attached hydrogens (tertiary/aromatic N) is 5. The summed E-state index contributed by atoms with van der Waals surface area (Å²) in [6.45, 7) is 4.96. The summed E-state index contributed by atoms with van der Waals surface area (Å²) in [4.78, 5) is 13.4. The molecule has 3 aromatic heterocycles. The fraction of sp³-hybridized carbons (Fsp3) is 0.0370. The standard InChI is InChI=1S/C54H41N5Si/c1-60(2)53-17-9-7-15-51(53)59(52-16-8-10-18-54(52)60)46-36-44(35-45(37-46)58-49-13-5-3-11-47(49)48-12-4-6-14-50(48)58)57(42-23-19-38(20-24-42)40-27-31-55-32-28-40)43-25-21-39(22-26-43)41-29-33-56-34-30-41/h3-37H,1-2H3. The maximum Gasteiger partial charge on any atom is 0.117 e. The molecule has 0 N–H and O–H groups in total. The average molecular weight is 788 g/mol. The summed E-state index contributed by atoms with van der Waals surface area (Å²) in [5.41, 5.74) is 14.7. The lowest BCUT2D eigenvalue weighted by Gasteiger charge is -2.41. The van der Waals surface area contributed by atoms with Gasteiger partial charge in [-0.15, -0.1) is 0 Å². The topological polar surface area (TPSA) is 37.2 Å². The van der Waals surface area contributed by atoms with Crippen molar-refractivity contribution < 1.29 is 0 Å². The molecule has 286 valence electrons. The van der Waals surface area contributed by atoms with Gasteiger partial charge in [-0.25, -0.2) is 0 Å². The van der Waals surface area contributed by atoms with Crippen LogP contribution in [0.5, 0.6) is 0 Å². The van der Waals surface area contributed by atoms with E-state index in [2.05, 4.69) is 225 Å². The molecule has 7 aromatic carbocycles. The number of hydrogen-bond acceptors (Lipinski definition) is 4. The second-order valence-corrected chi connectivity index (χ2v) is 20.3. The van der Waals surface area contributed by atoms with Crippen molar-refractivity contribution in [2.24, 2.45) is 0 Å². The highest BCUT2D eigenvalue weighted by Crippen LogP contribution is 2.45. The van der Waals surface area contributed by atoms with Crippen molar-refractivity contribution in [3.63, 3.8) is 0 Å². The number of benzene rings is 7. The molecule has 11 rings (SSSR count). The van der Waals surface area contributed by atoms with Gasteiger partial charge >= 0.3 is 0 Å². The minimum Gasteiger partial charge on any atom is -0.311 e. The number of aromatic nitrogens is 3. The van der Waals surface area contributed by atoms with Crippen molar-refractivity contribution in [3.8, 4) is 27.9 Å². The van der Waals surface area contributed by atoms with Crippen molar-refractivity contribution in [3.05, 3.63) is 213 Å². The third-order valence-electron chi connectivity index (χ3n) is 12.2. The summed E-state index contributed by atoms with van der Waals surface area (Å²) in [6, 6.07) is 68.8. The second-order valence-electron chi connectivity index (χ2n) is 16.0. The lowest BCUT2D eigenvalue weighted by molar-refractivity contribution is 1.16. The first-order valence-corrected chi connectivity index (χ1v) is 23.5. The van der Waals surface area contributed by atoms with Crippen LogP contribution < -0.4 is 20.2 Å². The van der Waals surface area contributed by atoms with Crippen LogP contribution in [-0.4, -0.2) is 22.6 Å². The van der Waals surface area contributed by atoms with Crippen LogP contribution in [0.2, 0.25) is 13.1 Å². The van der Waals surface area contributed by atoms with Crippen LogP contribution in [0.15, 0.2) is 213 Å². The highest BCUT2D eigenvalue weighted by atomic mass is 28.3. The predicted molar refractivity (Wildman–Crippen MR) is 253 cm³/mol. The van der Waals surface area contributed by atoms with Crippen LogP contribution in [0.25, 0.3) is 49.7 Å². The first-order valence-electron chi connectivity index (χ1n) is 20.5. The van der Waals surface area contributed by atoms with Crippen molar-refractivity contribution in [1.82, 2.24) is 14.5 Å². The Morgan fingerprint density at radius 1 is 0.400 bits per heavy atom. The molecule has 0 amide bonds. The normalized spacial score (nSPS) is 12.9. The first kappa shape index (κ1) is 35.6. The van der Waals surface area contributed by atoms with Gasteiger partial charge in [0, 0.05) is 58.3 Å². The van der Waals surface area contributed by atoms with E-state index in [-0.39, 0.29) is 0 Å². The Kier molecular flexibility index (Phi) is 8.53. The average Bonchev–Trinajstić information content (AvgIpc) is 3.65. The van der Waals surface area contributed by atoms with Gasteiger partial charge in [0.25, 0.3) is 0 Å². The highest BCUT2D eigenvalue weighted by Gasteiger charge is 2.38. The zero-order valence-electron chi connectivity index (χ0n) is 33.4. The van der Waals surface area contributed by atoms with E-state index in [1.807, 2.05) is 24.8 Å². The fourth-order valence-electron chi connectivity index (χ4n) is 9.26. The maximum absolute atomic E-state index is 4.26. The number of para-hydroxylation sites is 4. The van der Waals surface area contributed by atoms with Gasteiger partial charge in [-0.1, -0.05) is 110 Å². The van der Waals surface area contributed by atoms with Gasteiger partial charge in [0.2, 0.25) is 0 Å². The van der Waals surface area contributed by atoms with E-state index in [0.29, 0.717) is 0 Å².